The second-order valence-corrected chi connectivity index (χ2v) is 8.29. The highest BCUT2D eigenvalue weighted by Crippen LogP contribution is 2.37. The monoisotopic (exact) mass is 512 g/mol. The zero-order valence-corrected chi connectivity index (χ0v) is 21.2. The third-order valence-electron chi connectivity index (χ3n) is 5.64. The molecule has 0 aliphatic carbocycles. The number of hydrogen-bond donors (Lipinski definition) is 1. The van der Waals surface area contributed by atoms with E-state index in [1.807, 2.05) is 12.1 Å². The summed E-state index contributed by atoms with van der Waals surface area (Å²) < 4.78 is 20.1. The standard InChI is InChI=1S/C24H25ClN6O5/c1-29-21-19(22(32)30(2)24(29)33)31(13-14-7-6-8-16(25)9-14)23(27-21)28-26-12-15-10-17(34-3)20(36-5)18(11-15)35-4/h6-12H,13H2,1-5H3,(H,27,28). The molecule has 4 aromatic rings. The third kappa shape index (κ3) is 4.52. The van der Waals surface area contributed by atoms with Crippen molar-refractivity contribution in [3.63, 3.8) is 0 Å². The lowest BCUT2D eigenvalue weighted by Crippen LogP contribution is -2.37. The average Bonchev–Trinajstić information content (AvgIpc) is 3.23. The van der Waals surface area contributed by atoms with Crippen molar-refractivity contribution in [3.8, 4) is 17.2 Å². The molecule has 0 saturated heterocycles. The van der Waals surface area contributed by atoms with E-state index in [9.17, 15) is 9.59 Å². The Bertz CT molecular complexity index is 1560. The number of nitrogens with one attached hydrogen (secondary N) is 1. The van der Waals surface area contributed by atoms with E-state index in [0.29, 0.717) is 27.8 Å². The molecular formula is C24H25ClN6O5. The Kier molecular flexibility index (Phi) is 7.02. The van der Waals surface area contributed by atoms with Gasteiger partial charge in [-0.15, -0.1) is 0 Å². The third-order valence-corrected chi connectivity index (χ3v) is 5.88. The van der Waals surface area contributed by atoms with E-state index in [0.717, 1.165) is 10.1 Å². The maximum atomic E-state index is 13.0. The molecule has 0 unspecified atom stereocenters. The molecule has 0 amide bonds. The minimum atomic E-state index is -0.479. The van der Waals surface area contributed by atoms with Crippen molar-refractivity contribution in [1.29, 1.82) is 0 Å². The van der Waals surface area contributed by atoms with Gasteiger partial charge in [0.15, 0.2) is 22.7 Å². The molecule has 11 nitrogen and oxygen atoms in total. The van der Waals surface area contributed by atoms with Crippen LogP contribution in [0.5, 0.6) is 17.2 Å². The summed E-state index contributed by atoms with van der Waals surface area (Å²) in [6.07, 6.45) is 1.55. The van der Waals surface area contributed by atoms with Gasteiger partial charge >= 0.3 is 5.69 Å². The Morgan fingerprint density at radius 2 is 1.72 bits per heavy atom. The molecule has 0 radical (unpaired) electrons. The zero-order valence-electron chi connectivity index (χ0n) is 20.4. The topological polar surface area (TPSA) is 114 Å². The van der Waals surface area contributed by atoms with Crippen LogP contribution < -0.4 is 30.9 Å². The van der Waals surface area contributed by atoms with E-state index in [-0.39, 0.29) is 23.7 Å². The summed E-state index contributed by atoms with van der Waals surface area (Å²) in [5.74, 6) is 1.69. The van der Waals surface area contributed by atoms with Gasteiger partial charge in [0.25, 0.3) is 5.56 Å². The number of hydrogen-bond acceptors (Lipinski definition) is 8. The Labute approximate surface area is 211 Å². The van der Waals surface area contributed by atoms with Crippen LogP contribution in [-0.2, 0) is 20.6 Å². The first-order chi connectivity index (χ1) is 17.3. The molecule has 0 aliphatic heterocycles. The summed E-state index contributed by atoms with van der Waals surface area (Å²) in [6, 6.07) is 10.7. The molecule has 2 aromatic heterocycles. The number of benzene rings is 2. The smallest absolute Gasteiger partial charge is 0.332 e. The fourth-order valence-electron chi connectivity index (χ4n) is 3.84. The second-order valence-electron chi connectivity index (χ2n) is 7.86. The van der Waals surface area contributed by atoms with Crippen LogP contribution in [0.15, 0.2) is 51.1 Å². The summed E-state index contributed by atoms with van der Waals surface area (Å²) in [5, 5.41) is 4.87. The predicted molar refractivity (Wildman–Crippen MR) is 138 cm³/mol. The van der Waals surface area contributed by atoms with Gasteiger partial charge in [0.2, 0.25) is 11.7 Å². The highest BCUT2D eigenvalue weighted by Gasteiger charge is 2.19. The minimum absolute atomic E-state index is 0.232. The first kappa shape index (κ1) is 24.9. The highest BCUT2D eigenvalue weighted by atomic mass is 35.5. The van der Waals surface area contributed by atoms with Gasteiger partial charge < -0.3 is 14.2 Å². The Morgan fingerprint density at radius 3 is 2.33 bits per heavy atom. The maximum Gasteiger partial charge on any atom is 0.332 e. The van der Waals surface area contributed by atoms with Crippen molar-refractivity contribution in [3.05, 3.63) is 73.4 Å². The number of fused-ring (bicyclic) bond motifs is 1. The summed E-state index contributed by atoms with van der Waals surface area (Å²) in [5.41, 5.74) is 3.94. The van der Waals surface area contributed by atoms with E-state index < -0.39 is 11.2 Å². The van der Waals surface area contributed by atoms with Crippen LogP contribution in [0.2, 0.25) is 5.02 Å². The molecule has 4 rings (SSSR count). The molecule has 12 heteroatoms. The number of anilines is 1. The molecule has 0 aliphatic rings. The van der Waals surface area contributed by atoms with Crippen LogP contribution in [0.4, 0.5) is 5.95 Å². The van der Waals surface area contributed by atoms with Crippen LogP contribution in [-0.4, -0.2) is 46.2 Å². The lowest BCUT2D eigenvalue weighted by molar-refractivity contribution is 0.324. The van der Waals surface area contributed by atoms with Crippen molar-refractivity contribution in [2.45, 2.75) is 6.54 Å². The maximum absolute atomic E-state index is 13.0. The summed E-state index contributed by atoms with van der Waals surface area (Å²) in [4.78, 5) is 30.0. The number of nitrogens with zero attached hydrogens (tertiary/aromatic N) is 5. The van der Waals surface area contributed by atoms with Crippen LogP contribution in [0.3, 0.4) is 0 Å². The Balaban J connectivity index is 1.79. The molecular weight excluding hydrogens is 488 g/mol. The van der Waals surface area contributed by atoms with Gasteiger partial charge in [0, 0.05) is 24.7 Å². The van der Waals surface area contributed by atoms with Gasteiger partial charge in [-0.1, -0.05) is 23.7 Å². The number of halogens is 1. The lowest BCUT2D eigenvalue weighted by Gasteiger charge is -2.12. The summed E-state index contributed by atoms with van der Waals surface area (Å²) in [7, 11) is 7.57. The normalized spacial score (nSPS) is 11.3. The molecule has 1 N–H and O–H groups in total. The SMILES string of the molecule is COc1cc(C=NNc2nc3c(c(=O)n(C)c(=O)n3C)n2Cc2cccc(Cl)c2)cc(OC)c1OC. The molecule has 0 bridgehead atoms. The number of ether oxygens (including phenoxy) is 3. The second kappa shape index (κ2) is 10.2. The first-order valence-corrected chi connectivity index (χ1v) is 11.2. The molecule has 188 valence electrons. The van der Waals surface area contributed by atoms with Crippen molar-refractivity contribution in [2.24, 2.45) is 19.2 Å². The van der Waals surface area contributed by atoms with E-state index in [1.54, 1.807) is 42.1 Å². The Hall–Kier alpha value is -4.25. The minimum Gasteiger partial charge on any atom is -0.493 e. The Morgan fingerprint density at radius 1 is 1.03 bits per heavy atom. The van der Waals surface area contributed by atoms with Crippen LogP contribution >= 0.6 is 11.6 Å². The molecule has 36 heavy (non-hydrogen) atoms. The fourth-order valence-corrected chi connectivity index (χ4v) is 4.06. The van der Waals surface area contributed by atoms with E-state index >= 15 is 0 Å². The van der Waals surface area contributed by atoms with Gasteiger partial charge in [0.1, 0.15) is 0 Å². The van der Waals surface area contributed by atoms with Crippen LogP contribution in [0.1, 0.15) is 11.1 Å². The molecule has 0 spiro atoms. The van der Waals surface area contributed by atoms with E-state index in [4.69, 9.17) is 25.8 Å². The van der Waals surface area contributed by atoms with E-state index in [1.165, 1.54) is 32.9 Å². The van der Waals surface area contributed by atoms with Gasteiger partial charge in [-0.3, -0.25) is 18.5 Å². The summed E-state index contributed by atoms with van der Waals surface area (Å²) in [6.45, 7) is 0.270. The molecule has 2 aromatic carbocycles. The van der Waals surface area contributed by atoms with Gasteiger partial charge in [-0.2, -0.15) is 10.1 Å². The van der Waals surface area contributed by atoms with Crippen molar-refractivity contribution in [1.82, 2.24) is 18.7 Å². The van der Waals surface area contributed by atoms with Crippen LogP contribution in [0.25, 0.3) is 11.2 Å². The number of hydrazone groups is 1. The number of aromatic nitrogens is 4. The fraction of sp³-hybridized carbons (Fsp3) is 0.250. The van der Waals surface area contributed by atoms with Crippen LogP contribution in [0, 0.1) is 0 Å². The zero-order chi connectivity index (χ0) is 26.0. The highest BCUT2D eigenvalue weighted by molar-refractivity contribution is 6.30. The summed E-state index contributed by atoms with van der Waals surface area (Å²) >= 11 is 6.16. The first-order valence-electron chi connectivity index (χ1n) is 10.8. The van der Waals surface area contributed by atoms with Crippen molar-refractivity contribution < 1.29 is 14.2 Å². The lowest BCUT2D eigenvalue weighted by atomic mass is 10.2. The van der Waals surface area contributed by atoms with Crippen molar-refractivity contribution >= 4 is 34.9 Å². The average molecular weight is 513 g/mol. The molecule has 2 heterocycles. The van der Waals surface area contributed by atoms with Gasteiger partial charge in [-0.05, 0) is 29.8 Å². The molecule has 0 fully saturated rings. The van der Waals surface area contributed by atoms with Crippen molar-refractivity contribution in [2.75, 3.05) is 26.8 Å². The number of aryl methyl sites for hydroxylation is 1. The van der Waals surface area contributed by atoms with Gasteiger partial charge in [-0.25, -0.2) is 10.2 Å². The quantitative estimate of drug-likeness (QED) is 0.285. The number of imidazole rings is 1. The molecule has 0 saturated carbocycles. The van der Waals surface area contributed by atoms with Gasteiger partial charge in [0.05, 0.1) is 34.1 Å². The number of rotatable bonds is 8. The molecule has 0 atom stereocenters. The largest absolute Gasteiger partial charge is 0.493 e. The number of methoxy groups -OCH3 is 3. The van der Waals surface area contributed by atoms with E-state index in [2.05, 4.69) is 15.5 Å². The predicted octanol–water partition coefficient (Wildman–Crippen LogP) is 2.61.